The van der Waals surface area contributed by atoms with Crippen molar-refractivity contribution >= 4 is 26.2 Å². The second-order valence-electron chi connectivity index (χ2n) is 19.1. The fourth-order valence-electron chi connectivity index (χ4n) is 9.75. The molecule has 0 aromatic heterocycles. The maximum atomic E-state index is 15.0. The molecule has 2 bridgehead atoms. The van der Waals surface area contributed by atoms with Crippen LogP contribution in [0.1, 0.15) is 90.2 Å². The lowest BCUT2D eigenvalue weighted by Gasteiger charge is -2.68. The zero-order valence-corrected chi connectivity index (χ0v) is 36.2. The lowest BCUT2D eigenvalue weighted by molar-refractivity contribution is -0.364. The van der Waals surface area contributed by atoms with E-state index >= 15 is 4.79 Å². The van der Waals surface area contributed by atoms with Gasteiger partial charge >= 0.3 is 11.9 Å². The van der Waals surface area contributed by atoms with E-state index in [0.717, 1.165) is 0 Å². The molecule has 0 unspecified atom stereocenters. The molecule has 3 aliphatic carbocycles. The highest BCUT2D eigenvalue weighted by atomic mass is 28.4. The predicted octanol–water partition coefficient (Wildman–Crippen LogP) is 4.12. The second kappa shape index (κ2) is 15.2. The van der Waals surface area contributed by atoms with E-state index in [9.17, 15) is 35.1 Å². The van der Waals surface area contributed by atoms with Crippen LogP contribution < -0.4 is 5.32 Å². The molecule has 1 saturated heterocycles. The first-order valence-corrected chi connectivity index (χ1v) is 23.0. The van der Waals surface area contributed by atoms with Gasteiger partial charge in [-0.15, -0.1) is 0 Å². The van der Waals surface area contributed by atoms with E-state index in [-0.39, 0.29) is 30.1 Å². The zero-order valence-electron chi connectivity index (χ0n) is 35.2. The van der Waals surface area contributed by atoms with Crippen molar-refractivity contribution in [2.75, 3.05) is 6.61 Å². The Morgan fingerprint density at radius 3 is 2.03 bits per heavy atom. The van der Waals surface area contributed by atoms with Crippen LogP contribution in [-0.2, 0) is 28.2 Å². The van der Waals surface area contributed by atoms with Gasteiger partial charge in [0.25, 0.3) is 5.91 Å². The first kappa shape index (κ1) is 44.1. The van der Waals surface area contributed by atoms with Crippen molar-refractivity contribution < 1.29 is 58.6 Å². The van der Waals surface area contributed by atoms with Gasteiger partial charge in [-0.1, -0.05) is 90.1 Å². The van der Waals surface area contributed by atoms with E-state index in [1.807, 2.05) is 39.9 Å². The second-order valence-corrected chi connectivity index (χ2v) is 23.9. The van der Waals surface area contributed by atoms with Crippen LogP contribution in [0, 0.1) is 16.7 Å². The third-order valence-corrected chi connectivity index (χ3v) is 18.9. The van der Waals surface area contributed by atoms with Crippen molar-refractivity contribution in [3.63, 3.8) is 0 Å². The molecule has 2 aromatic rings. The first-order valence-electron chi connectivity index (χ1n) is 20.1. The first-order chi connectivity index (χ1) is 26.8. The van der Waals surface area contributed by atoms with Crippen LogP contribution in [0.25, 0.3) is 0 Å². The number of ether oxygens (including phenoxy) is 3. The van der Waals surface area contributed by atoms with Crippen molar-refractivity contribution in [3.05, 3.63) is 82.9 Å². The maximum Gasteiger partial charge on any atom is 0.337 e. The summed E-state index contributed by atoms with van der Waals surface area (Å²) in [7, 11) is -2.82. The molecular formula is C44H61NO12Si. The fraction of sp³-hybridized carbons (Fsp3) is 0.614. The van der Waals surface area contributed by atoms with Crippen LogP contribution in [0.15, 0.2) is 71.8 Å². The summed E-state index contributed by atoms with van der Waals surface area (Å²) in [5.74, 6) is -3.46. The van der Waals surface area contributed by atoms with Crippen LogP contribution in [-0.4, -0.2) is 112 Å². The number of rotatable bonds is 9. The summed E-state index contributed by atoms with van der Waals surface area (Å²) in [6, 6.07) is 16.5. The molecular weight excluding hydrogens is 763 g/mol. The number of carbonyl (C=O) groups is 3. The average Bonchev–Trinajstić information content (AvgIpc) is 3.15. The number of aliphatic hydroxyl groups is 5. The molecule has 1 aliphatic heterocycles. The smallest absolute Gasteiger partial charge is 0.337 e. The Morgan fingerprint density at radius 1 is 0.914 bits per heavy atom. The van der Waals surface area contributed by atoms with Gasteiger partial charge in [0, 0.05) is 42.1 Å². The normalized spacial score (nSPS) is 35.5. The molecule has 0 spiro atoms. The molecule has 1 amide bonds. The SMILES string of the molecule is CC(=O)O[C@H]1C2=C(C)[C@@H](OC(=O)[C@H](O[Si](C)(C)C(C)(C)C)[C@@H](NC(=O)c3ccccc3)c3ccccc3)C[C@@](O)([C@@H](O)[C@@H]3[C@]4(O)CO[C@@H]4C[C@H](O)[C@@]3(C)[C@H]1O)C2(C)C. The monoisotopic (exact) mass is 823 g/mol. The Bertz CT molecular complexity index is 1920. The molecule has 6 N–H and O–H groups in total. The Balaban J connectivity index is 1.49. The molecule has 318 valence electrons. The van der Waals surface area contributed by atoms with Crippen LogP contribution in [0.5, 0.6) is 0 Å². The summed E-state index contributed by atoms with van der Waals surface area (Å²) in [6.07, 6.45) is -10.4. The molecule has 58 heavy (non-hydrogen) atoms. The number of nitrogens with one attached hydrogen (secondary N) is 1. The molecule has 0 radical (unpaired) electrons. The Hall–Kier alpha value is -3.47. The number of carbonyl (C=O) groups excluding carboxylic acids is 3. The summed E-state index contributed by atoms with van der Waals surface area (Å²) in [5.41, 5.74) is -5.67. The standard InChI is InChI=1S/C44H61NO12Si/c1-24-28(56-39(51)34(57-58(9,10)40(3,4)5)32(26-17-13-11-14-18-26)45-38(50)27-19-15-12-16-20-27)22-44(53)37(49)35-42(8,29(47)21-30-43(35,52)23-54-30)36(48)33(55-25(2)46)31(24)41(44,6)7/h11-20,28-30,32-37,47-49,52-53H,21-23H2,1-10H3,(H,45,50)/t28-,29-,30+,32-,33-,34+,35-,36-,37-,42+,43-,44+/m0/s1. The zero-order chi connectivity index (χ0) is 43.0. The summed E-state index contributed by atoms with van der Waals surface area (Å²) in [4.78, 5) is 41.7. The Labute approximate surface area is 341 Å². The number of aliphatic hydroxyl groups excluding tert-OH is 3. The van der Waals surface area contributed by atoms with E-state index in [1.54, 1.807) is 75.4 Å². The van der Waals surface area contributed by atoms with Gasteiger partial charge in [-0.25, -0.2) is 4.79 Å². The van der Waals surface area contributed by atoms with Gasteiger partial charge in [-0.3, -0.25) is 9.59 Å². The summed E-state index contributed by atoms with van der Waals surface area (Å²) >= 11 is 0. The van der Waals surface area contributed by atoms with Crippen LogP contribution >= 0.6 is 0 Å². The molecule has 2 saturated carbocycles. The van der Waals surface area contributed by atoms with Crippen molar-refractivity contribution in [3.8, 4) is 0 Å². The molecule has 3 fully saturated rings. The highest BCUT2D eigenvalue weighted by molar-refractivity contribution is 6.74. The number of benzene rings is 2. The minimum atomic E-state index is -2.82. The molecule has 6 rings (SSSR count). The molecule has 4 aliphatic rings. The van der Waals surface area contributed by atoms with Gasteiger partial charge in [-0.05, 0) is 53.9 Å². The molecule has 12 atom stereocenters. The lowest BCUT2D eigenvalue weighted by Crippen LogP contribution is -2.81. The van der Waals surface area contributed by atoms with Gasteiger partial charge in [0.05, 0.1) is 31.0 Å². The molecule has 13 nitrogen and oxygen atoms in total. The Kier molecular flexibility index (Phi) is 11.6. The highest BCUT2D eigenvalue weighted by Crippen LogP contribution is 2.63. The summed E-state index contributed by atoms with van der Waals surface area (Å²) in [5, 5.41) is 64.5. The fourth-order valence-corrected chi connectivity index (χ4v) is 11.0. The molecule has 2 aromatic carbocycles. The third kappa shape index (κ3) is 7.06. The van der Waals surface area contributed by atoms with Crippen molar-refractivity contribution in [1.29, 1.82) is 0 Å². The summed E-state index contributed by atoms with van der Waals surface area (Å²) < 4.78 is 24.9. The summed E-state index contributed by atoms with van der Waals surface area (Å²) in [6.45, 7) is 17.4. The predicted molar refractivity (Wildman–Crippen MR) is 216 cm³/mol. The van der Waals surface area contributed by atoms with Crippen molar-refractivity contribution in [2.45, 2.75) is 146 Å². The number of hydrogen-bond donors (Lipinski definition) is 6. The molecule has 1 heterocycles. The van der Waals surface area contributed by atoms with Gasteiger partial charge in [0.2, 0.25) is 0 Å². The quantitative estimate of drug-likeness (QED) is 0.120. The van der Waals surface area contributed by atoms with E-state index in [0.29, 0.717) is 16.7 Å². The van der Waals surface area contributed by atoms with E-state index in [2.05, 4.69) is 5.32 Å². The van der Waals surface area contributed by atoms with Gasteiger partial charge < -0.3 is 49.5 Å². The average molecular weight is 824 g/mol. The Morgan fingerprint density at radius 2 is 1.50 bits per heavy atom. The number of amides is 1. The van der Waals surface area contributed by atoms with Gasteiger partial charge in [-0.2, -0.15) is 0 Å². The van der Waals surface area contributed by atoms with Crippen molar-refractivity contribution in [1.82, 2.24) is 5.32 Å². The van der Waals surface area contributed by atoms with Crippen LogP contribution in [0.3, 0.4) is 0 Å². The minimum Gasteiger partial charge on any atom is -0.456 e. The van der Waals surface area contributed by atoms with Gasteiger partial charge in [0.15, 0.2) is 20.5 Å². The van der Waals surface area contributed by atoms with Crippen LogP contribution in [0.2, 0.25) is 18.1 Å². The van der Waals surface area contributed by atoms with E-state index in [1.165, 1.54) is 13.8 Å². The number of esters is 2. The highest BCUT2D eigenvalue weighted by Gasteiger charge is 2.75. The topological polar surface area (TPSA) is 201 Å². The third-order valence-electron chi connectivity index (χ3n) is 14.4. The van der Waals surface area contributed by atoms with E-state index in [4.69, 9.17) is 18.6 Å². The molecule has 14 heteroatoms. The number of fused-ring (bicyclic) bond motifs is 5. The maximum absolute atomic E-state index is 15.0. The number of hydrogen-bond acceptors (Lipinski definition) is 12. The minimum absolute atomic E-state index is 0.0703. The van der Waals surface area contributed by atoms with Crippen LogP contribution in [0.4, 0.5) is 0 Å². The van der Waals surface area contributed by atoms with E-state index < -0.39 is 103 Å². The lowest BCUT2D eigenvalue weighted by atomic mass is 9.44. The largest absolute Gasteiger partial charge is 0.456 e. The van der Waals surface area contributed by atoms with Gasteiger partial charge in [0.1, 0.15) is 23.4 Å². The van der Waals surface area contributed by atoms with Crippen molar-refractivity contribution in [2.24, 2.45) is 16.7 Å².